The minimum Gasteiger partial charge on any atom is -0.350 e. The zero-order valence-corrected chi connectivity index (χ0v) is 13.9. The summed E-state index contributed by atoms with van der Waals surface area (Å²) in [5.41, 5.74) is 1.04. The van der Waals surface area contributed by atoms with E-state index in [1.54, 1.807) is 6.33 Å². The summed E-state index contributed by atoms with van der Waals surface area (Å²) in [7, 11) is 0. The molecule has 5 nitrogen and oxygen atoms in total. The fourth-order valence-corrected chi connectivity index (χ4v) is 2.92. The number of aromatic nitrogens is 2. The Labute approximate surface area is 127 Å². The van der Waals surface area contributed by atoms with E-state index < -0.39 is 0 Å². The van der Waals surface area contributed by atoms with Crippen LogP contribution in [-0.4, -0.2) is 34.1 Å². The third kappa shape index (κ3) is 3.64. The SMILES string of the molecule is CC(C(=O)NC(C)(C)C)n1cncc1C1(C)CCNCC1. The molecule has 0 radical (unpaired) electrons. The molecule has 0 bridgehead atoms. The first-order valence-electron chi connectivity index (χ1n) is 7.78. The highest BCUT2D eigenvalue weighted by Gasteiger charge is 2.33. The first-order chi connectivity index (χ1) is 9.73. The number of carbonyl (C=O) groups is 1. The Kier molecular flexibility index (Phi) is 4.42. The van der Waals surface area contributed by atoms with Gasteiger partial charge in [-0.3, -0.25) is 4.79 Å². The molecule has 5 heteroatoms. The van der Waals surface area contributed by atoms with Gasteiger partial charge in [-0.05, 0) is 53.6 Å². The van der Waals surface area contributed by atoms with Gasteiger partial charge in [0.2, 0.25) is 5.91 Å². The normalized spacial score (nSPS) is 20.0. The maximum Gasteiger partial charge on any atom is 0.243 e. The summed E-state index contributed by atoms with van der Waals surface area (Å²) >= 11 is 0. The van der Waals surface area contributed by atoms with Crippen molar-refractivity contribution in [3.8, 4) is 0 Å². The number of imidazole rings is 1. The molecule has 2 heterocycles. The Hall–Kier alpha value is -1.36. The summed E-state index contributed by atoms with van der Waals surface area (Å²) in [6.45, 7) is 12.3. The number of hydrogen-bond donors (Lipinski definition) is 2. The van der Waals surface area contributed by atoms with Gasteiger partial charge in [0.05, 0.1) is 6.33 Å². The molecule has 2 N–H and O–H groups in total. The summed E-state index contributed by atoms with van der Waals surface area (Å²) in [6.07, 6.45) is 5.86. The van der Waals surface area contributed by atoms with E-state index in [4.69, 9.17) is 0 Å². The van der Waals surface area contributed by atoms with Crippen LogP contribution in [0.1, 0.15) is 59.2 Å². The van der Waals surface area contributed by atoms with Crippen molar-refractivity contribution in [2.24, 2.45) is 0 Å². The monoisotopic (exact) mass is 292 g/mol. The molecule has 2 rings (SSSR count). The van der Waals surface area contributed by atoms with E-state index in [0.29, 0.717) is 0 Å². The van der Waals surface area contributed by atoms with Crippen LogP contribution in [0.5, 0.6) is 0 Å². The van der Waals surface area contributed by atoms with Crippen molar-refractivity contribution in [3.05, 3.63) is 18.2 Å². The van der Waals surface area contributed by atoms with Gasteiger partial charge in [-0.1, -0.05) is 6.92 Å². The average molecular weight is 292 g/mol. The van der Waals surface area contributed by atoms with Crippen LogP contribution in [0.3, 0.4) is 0 Å². The van der Waals surface area contributed by atoms with Gasteiger partial charge in [-0.2, -0.15) is 0 Å². The fourth-order valence-electron chi connectivity index (χ4n) is 2.92. The number of nitrogens with one attached hydrogen (secondary N) is 2. The number of rotatable bonds is 3. The second-order valence-electron chi connectivity index (χ2n) is 7.41. The first kappa shape index (κ1) is 16.0. The predicted octanol–water partition coefficient (Wildman–Crippen LogP) is 2.00. The topological polar surface area (TPSA) is 59.0 Å². The van der Waals surface area contributed by atoms with Gasteiger partial charge in [0, 0.05) is 22.8 Å². The van der Waals surface area contributed by atoms with Crippen LogP contribution < -0.4 is 10.6 Å². The first-order valence-corrected chi connectivity index (χ1v) is 7.78. The van der Waals surface area contributed by atoms with Crippen LogP contribution in [0.25, 0.3) is 0 Å². The van der Waals surface area contributed by atoms with Gasteiger partial charge in [-0.15, -0.1) is 0 Å². The summed E-state index contributed by atoms with van der Waals surface area (Å²) in [5.74, 6) is 0.0410. The lowest BCUT2D eigenvalue weighted by molar-refractivity contribution is -0.125. The lowest BCUT2D eigenvalue weighted by Crippen LogP contribution is -2.45. The number of nitrogens with zero attached hydrogens (tertiary/aromatic N) is 2. The van der Waals surface area contributed by atoms with Crippen molar-refractivity contribution >= 4 is 5.91 Å². The standard InChI is InChI=1S/C16H28N4O/c1-12(14(21)19-15(2,3)4)20-11-18-10-13(20)16(5)6-8-17-9-7-16/h10-12,17H,6-9H2,1-5H3,(H,19,21). The quantitative estimate of drug-likeness (QED) is 0.896. The van der Waals surface area contributed by atoms with E-state index in [0.717, 1.165) is 25.9 Å². The Balaban J connectivity index is 2.21. The molecule has 1 aromatic rings. The lowest BCUT2D eigenvalue weighted by Gasteiger charge is -2.35. The fraction of sp³-hybridized carbons (Fsp3) is 0.750. The Morgan fingerprint density at radius 1 is 1.43 bits per heavy atom. The lowest BCUT2D eigenvalue weighted by atomic mass is 9.78. The molecule has 1 atom stereocenters. The Morgan fingerprint density at radius 3 is 2.62 bits per heavy atom. The summed E-state index contributed by atoms with van der Waals surface area (Å²) in [4.78, 5) is 16.7. The molecule has 1 saturated heterocycles. The maximum absolute atomic E-state index is 12.4. The number of piperidine rings is 1. The third-order valence-electron chi connectivity index (χ3n) is 4.29. The molecule has 0 aliphatic carbocycles. The van der Waals surface area contributed by atoms with Crippen LogP contribution in [0.2, 0.25) is 0 Å². The number of hydrogen-bond acceptors (Lipinski definition) is 3. The van der Waals surface area contributed by atoms with E-state index in [2.05, 4.69) is 22.5 Å². The highest BCUT2D eigenvalue weighted by molar-refractivity contribution is 5.80. The van der Waals surface area contributed by atoms with E-state index >= 15 is 0 Å². The van der Waals surface area contributed by atoms with Gasteiger partial charge in [0.15, 0.2) is 0 Å². The largest absolute Gasteiger partial charge is 0.350 e. The smallest absolute Gasteiger partial charge is 0.243 e. The minimum atomic E-state index is -0.242. The molecule has 1 aliphatic heterocycles. The minimum absolute atomic E-state index is 0.0410. The van der Waals surface area contributed by atoms with Crippen molar-refractivity contribution < 1.29 is 4.79 Å². The van der Waals surface area contributed by atoms with Crippen molar-refractivity contribution in [1.82, 2.24) is 20.2 Å². The molecule has 1 fully saturated rings. The van der Waals surface area contributed by atoms with E-state index in [-0.39, 0.29) is 22.9 Å². The van der Waals surface area contributed by atoms with Crippen molar-refractivity contribution in [3.63, 3.8) is 0 Å². The molecule has 21 heavy (non-hydrogen) atoms. The molecule has 1 amide bonds. The second-order valence-corrected chi connectivity index (χ2v) is 7.41. The van der Waals surface area contributed by atoms with Gasteiger partial charge in [-0.25, -0.2) is 4.98 Å². The Morgan fingerprint density at radius 2 is 2.05 bits per heavy atom. The highest BCUT2D eigenvalue weighted by Crippen LogP contribution is 2.34. The molecule has 1 aromatic heterocycles. The maximum atomic E-state index is 12.4. The third-order valence-corrected chi connectivity index (χ3v) is 4.29. The summed E-state index contributed by atoms with van der Waals surface area (Å²) in [5, 5.41) is 6.45. The highest BCUT2D eigenvalue weighted by atomic mass is 16.2. The molecule has 1 aliphatic rings. The van der Waals surface area contributed by atoms with Crippen molar-refractivity contribution in [2.75, 3.05) is 13.1 Å². The van der Waals surface area contributed by atoms with Gasteiger partial charge >= 0.3 is 0 Å². The van der Waals surface area contributed by atoms with Gasteiger partial charge < -0.3 is 15.2 Å². The van der Waals surface area contributed by atoms with Crippen LogP contribution in [0.4, 0.5) is 0 Å². The van der Waals surface area contributed by atoms with Gasteiger partial charge in [0.1, 0.15) is 6.04 Å². The van der Waals surface area contributed by atoms with E-state index in [1.165, 1.54) is 5.69 Å². The molecule has 0 spiro atoms. The molecular formula is C16H28N4O. The second kappa shape index (κ2) is 5.79. The predicted molar refractivity (Wildman–Crippen MR) is 84.3 cm³/mol. The van der Waals surface area contributed by atoms with Crippen LogP contribution in [-0.2, 0) is 10.2 Å². The number of carbonyl (C=O) groups excluding carboxylic acids is 1. The molecular weight excluding hydrogens is 264 g/mol. The van der Waals surface area contributed by atoms with Crippen LogP contribution in [0.15, 0.2) is 12.5 Å². The summed E-state index contributed by atoms with van der Waals surface area (Å²) in [6, 6.07) is -0.242. The zero-order valence-electron chi connectivity index (χ0n) is 13.9. The van der Waals surface area contributed by atoms with Crippen molar-refractivity contribution in [2.45, 2.75) is 64.5 Å². The number of amides is 1. The zero-order chi connectivity index (χ0) is 15.7. The molecule has 0 aromatic carbocycles. The Bertz CT molecular complexity index is 495. The molecule has 118 valence electrons. The van der Waals surface area contributed by atoms with Crippen LogP contribution >= 0.6 is 0 Å². The van der Waals surface area contributed by atoms with E-state index in [9.17, 15) is 4.79 Å². The van der Waals surface area contributed by atoms with Gasteiger partial charge in [0.25, 0.3) is 0 Å². The molecule has 1 unspecified atom stereocenters. The van der Waals surface area contributed by atoms with Crippen molar-refractivity contribution in [1.29, 1.82) is 0 Å². The van der Waals surface area contributed by atoms with Crippen LogP contribution in [0, 0.1) is 0 Å². The molecule has 0 saturated carbocycles. The average Bonchev–Trinajstić information content (AvgIpc) is 2.86. The summed E-state index contributed by atoms with van der Waals surface area (Å²) < 4.78 is 2.03. The van der Waals surface area contributed by atoms with E-state index in [1.807, 2.05) is 38.5 Å².